The summed E-state index contributed by atoms with van der Waals surface area (Å²) in [6.07, 6.45) is 7.05. The monoisotopic (exact) mass is 366 g/mol. The molecule has 2 rings (SSSR count). The van der Waals surface area contributed by atoms with Crippen LogP contribution in [0.25, 0.3) is 0 Å². The first-order valence-corrected chi connectivity index (χ1v) is 10.1. The minimum absolute atomic E-state index is 0.0591. The Morgan fingerprint density at radius 2 is 1.58 bits per heavy atom. The average molecular weight is 367 g/mol. The van der Waals surface area contributed by atoms with Crippen molar-refractivity contribution in [3.8, 4) is 0 Å². The normalized spacial score (nSPS) is 19.8. The second-order valence-corrected chi connectivity index (χ2v) is 7.42. The smallest absolute Gasteiger partial charge is 0.321 e. The third-order valence-electron chi connectivity index (χ3n) is 5.57. The Balaban J connectivity index is 1.67. The van der Waals surface area contributed by atoms with Gasteiger partial charge in [-0.05, 0) is 52.6 Å². The second kappa shape index (κ2) is 10.5. The first-order valence-electron chi connectivity index (χ1n) is 10.1. The molecule has 0 unspecified atom stereocenters. The van der Waals surface area contributed by atoms with Gasteiger partial charge in [0.15, 0.2) is 0 Å². The lowest BCUT2D eigenvalue weighted by Gasteiger charge is -2.33. The summed E-state index contributed by atoms with van der Waals surface area (Å²) in [6.45, 7) is 7.13. The summed E-state index contributed by atoms with van der Waals surface area (Å²) in [5.74, 6) is 0.0154. The van der Waals surface area contributed by atoms with Crippen LogP contribution in [0.4, 0.5) is 4.79 Å². The maximum Gasteiger partial charge on any atom is 0.321 e. The van der Waals surface area contributed by atoms with Gasteiger partial charge < -0.3 is 10.2 Å². The molecule has 7 heteroatoms. The number of urea groups is 1. The summed E-state index contributed by atoms with van der Waals surface area (Å²) < 4.78 is 0. The van der Waals surface area contributed by atoms with Gasteiger partial charge in [0.1, 0.15) is 0 Å². The van der Waals surface area contributed by atoms with Crippen LogP contribution in [-0.4, -0.2) is 66.4 Å². The van der Waals surface area contributed by atoms with Crippen molar-refractivity contribution in [3.05, 3.63) is 0 Å². The third kappa shape index (κ3) is 6.27. The van der Waals surface area contributed by atoms with Crippen LogP contribution in [0.3, 0.4) is 0 Å². The minimum Gasteiger partial charge on any atom is -0.343 e. The topological polar surface area (TPSA) is 81.8 Å². The van der Waals surface area contributed by atoms with E-state index in [0.29, 0.717) is 0 Å². The van der Waals surface area contributed by atoms with E-state index in [1.54, 1.807) is 0 Å². The molecule has 4 amide bonds. The van der Waals surface area contributed by atoms with Crippen molar-refractivity contribution in [2.75, 3.05) is 32.7 Å². The van der Waals surface area contributed by atoms with Crippen LogP contribution in [-0.2, 0) is 9.59 Å². The second-order valence-electron chi connectivity index (χ2n) is 7.42. The molecule has 0 aromatic rings. The van der Waals surface area contributed by atoms with Crippen molar-refractivity contribution in [1.29, 1.82) is 0 Å². The Labute approximate surface area is 156 Å². The molecule has 2 aliphatic rings. The highest BCUT2D eigenvalue weighted by Crippen LogP contribution is 2.19. The van der Waals surface area contributed by atoms with Gasteiger partial charge in [-0.2, -0.15) is 0 Å². The van der Waals surface area contributed by atoms with E-state index in [9.17, 15) is 14.4 Å². The highest BCUT2D eigenvalue weighted by Gasteiger charge is 2.28. The number of imide groups is 1. The summed E-state index contributed by atoms with van der Waals surface area (Å²) in [4.78, 5) is 40.3. The maximum atomic E-state index is 12.4. The van der Waals surface area contributed by atoms with Gasteiger partial charge in [0.2, 0.25) is 11.8 Å². The molecular weight excluding hydrogens is 332 g/mol. The zero-order chi connectivity index (χ0) is 18.9. The molecule has 0 bridgehead atoms. The predicted octanol–water partition coefficient (Wildman–Crippen LogP) is 1.73. The van der Waals surface area contributed by atoms with Gasteiger partial charge in [-0.15, -0.1) is 0 Å². The molecule has 26 heavy (non-hydrogen) atoms. The van der Waals surface area contributed by atoms with Crippen LogP contribution in [0.5, 0.6) is 0 Å². The van der Waals surface area contributed by atoms with Crippen molar-refractivity contribution in [1.82, 2.24) is 20.4 Å². The zero-order valence-corrected chi connectivity index (χ0v) is 16.3. The van der Waals surface area contributed by atoms with E-state index >= 15 is 0 Å². The van der Waals surface area contributed by atoms with Crippen molar-refractivity contribution in [3.63, 3.8) is 0 Å². The number of amides is 4. The lowest BCUT2D eigenvalue weighted by Crippen LogP contribution is -2.49. The van der Waals surface area contributed by atoms with Crippen molar-refractivity contribution in [2.24, 2.45) is 5.92 Å². The van der Waals surface area contributed by atoms with Gasteiger partial charge in [0, 0.05) is 25.0 Å². The Bertz CT molecular complexity index is 479. The van der Waals surface area contributed by atoms with E-state index in [0.717, 1.165) is 64.7 Å². The fraction of sp³-hybridized carbons (Fsp3) is 0.842. The molecular formula is C19H34N4O3. The fourth-order valence-electron chi connectivity index (χ4n) is 3.97. The Morgan fingerprint density at radius 3 is 2.15 bits per heavy atom. The molecule has 0 atom stereocenters. The number of hydrogen-bond donors (Lipinski definition) is 2. The molecule has 2 N–H and O–H groups in total. The van der Waals surface area contributed by atoms with Gasteiger partial charge in [-0.25, -0.2) is 4.79 Å². The summed E-state index contributed by atoms with van der Waals surface area (Å²) in [5, 5.41) is 5.33. The minimum atomic E-state index is -0.381. The Hall–Kier alpha value is -1.63. The molecule has 7 nitrogen and oxygen atoms in total. The average Bonchev–Trinajstić information content (AvgIpc) is 2.63. The summed E-state index contributed by atoms with van der Waals surface area (Å²) in [6, 6.07) is -0.188. The number of nitrogens with one attached hydrogen (secondary N) is 2. The molecule has 2 fully saturated rings. The number of piperidine rings is 1. The molecule has 1 aliphatic heterocycles. The van der Waals surface area contributed by atoms with Crippen molar-refractivity contribution >= 4 is 17.8 Å². The van der Waals surface area contributed by atoms with Gasteiger partial charge in [0.05, 0.1) is 6.54 Å². The number of carbonyl (C=O) groups excluding carboxylic acids is 3. The fourth-order valence-corrected chi connectivity index (χ4v) is 3.97. The number of likely N-dealkylation sites (tertiary alicyclic amines) is 1. The molecule has 1 aliphatic carbocycles. The van der Waals surface area contributed by atoms with Gasteiger partial charge in [-0.3, -0.25) is 19.8 Å². The molecule has 1 saturated carbocycles. The Morgan fingerprint density at radius 1 is 0.962 bits per heavy atom. The molecule has 0 spiro atoms. The highest BCUT2D eigenvalue weighted by molar-refractivity contribution is 5.95. The van der Waals surface area contributed by atoms with E-state index in [-0.39, 0.29) is 36.3 Å². The molecule has 0 radical (unpaired) electrons. The molecule has 0 aromatic heterocycles. The first-order chi connectivity index (χ1) is 12.5. The van der Waals surface area contributed by atoms with E-state index < -0.39 is 0 Å². The van der Waals surface area contributed by atoms with Crippen LogP contribution >= 0.6 is 0 Å². The number of rotatable bonds is 6. The molecule has 0 aromatic carbocycles. The SMILES string of the molecule is CCN(CC)C(=O)C1CCN(CC(=O)NC(=O)NC2CCCCC2)CC1. The van der Waals surface area contributed by atoms with Crippen LogP contribution < -0.4 is 10.6 Å². The standard InChI is InChI=1S/C19H34N4O3/c1-3-23(4-2)18(25)15-10-12-22(13-11-15)14-17(24)21-19(26)20-16-8-6-5-7-9-16/h15-16H,3-14H2,1-2H3,(H2,20,21,24,26). The molecule has 148 valence electrons. The predicted molar refractivity (Wildman–Crippen MR) is 101 cm³/mol. The van der Waals surface area contributed by atoms with Crippen molar-refractivity contribution < 1.29 is 14.4 Å². The largest absolute Gasteiger partial charge is 0.343 e. The summed E-state index contributed by atoms with van der Waals surface area (Å²) in [5.41, 5.74) is 0. The van der Waals surface area contributed by atoms with Crippen molar-refractivity contribution in [2.45, 2.75) is 64.8 Å². The Kier molecular flexibility index (Phi) is 8.35. The lowest BCUT2D eigenvalue weighted by molar-refractivity contribution is -0.136. The maximum absolute atomic E-state index is 12.4. The quantitative estimate of drug-likeness (QED) is 0.750. The number of nitrogens with zero attached hydrogens (tertiary/aromatic N) is 2. The van der Waals surface area contributed by atoms with Crippen LogP contribution in [0.15, 0.2) is 0 Å². The lowest BCUT2D eigenvalue weighted by atomic mass is 9.95. The van der Waals surface area contributed by atoms with Gasteiger partial charge >= 0.3 is 6.03 Å². The van der Waals surface area contributed by atoms with E-state index in [2.05, 4.69) is 10.6 Å². The van der Waals surface area contributed by atoms with E-state index in [4.69, 9.17) is 0 Å². The molecule has 1 heterocycles. The first kappa shape index (κ1) is 20.7. The zero-order valence-electron chi connectivity index (χ0n) is 16.3. The van der Waals surface area contributed by atoms with E-state index in [1.165, 1.54) is 6.42 Å². The summed E-state index contributed by atoms with van der Waals surface area (Å²) in [7, 11) is 0. The van der Waals surface area contributed by atoms with Gasteiger partial charge in [-0.1, -0.05) is 19.3 Å². The van der Waals surface area contributed by atoms with E-state index in [1.807, 2.05) is 23.6 Å². The van der Waals surface area contributed by atoms with Crippen LogP contribution in [0, 0.1) is 5.92 Å². The third-order valence-corrected chi connectivity index (χ3v) is 5.57. The van der Waals surface area contributed by atoms with Gasteiger partial charge in [0.25, 0.3) is 0 Å². The molecule has 1 saturated heterocycles. The number of hydrogen-bond acceptors (Lipinski definition) is 4. The van der Waals surface area contributed by atoms with Crippen LogP contribution in [0.1, 0.15) is 58.8 Å². The van der Waals surface area contributed by atoms with Crippen LogP contribution in [0.2, 0.25) is 0 Å². The number of carbonyl (C=O) groups is 3. The summed E-state index contributed by atoms with van der Waals surface area (Å²) >= 11 is 0. The highest BCUT2D eigenvalue weighted by atomic mass is 16.2.